The standard InChI is InChI=1S/C19H26ClNO2/c20-14-4-7-18(22)16-9-11-17(12-10-16)21-19(23)13-8-15-5-2-1-3-6-15/h9-12,15H,1-8,13-14H2,(H,21,23). The average Bonchev–Trinajstić information content (AvgIpc) is 2.59. The fourth-order valence-electron chi connectivity index (χ4n) is 3.15. The van der Waals surface area contributed by atoms with Gasteiger partial charge in [0.2, 0.25) is 5.91 Å². The molecule has 0 bridgehead atoms. The zero-order valence-electron chi connectivity index (χ0n) is 13.7. The van der Waals surface area contributed by atoms with Crippen LogP contribution in [0.3, 0.4) is 0 Å². The summed E-state index contributed by atoms with van der Waals surface area (Å²) in [7, 11) is 0. The van der Waals surface area contributed by atoms with E-state index in [9.17, 15) is 9.59 Å². The summed E-state index contributed by atoms with van der Waals surface area (Å²) in [6.45, 7) is 0. The van der Waals surface area contributed by atoms with Crippen molar-refractivity contribution < 1.29 is 9.59 Å². The Hall–Kier alpha value is -1.35. The van der Waals surface area contributed by atoms with Crippen molar-refractivity contribution in [3.05, 3.63) is 29.8 Å². The molecular formula is C19H26ClNO2. The van der Waals surface area contributed by atoms with Gasteiger partial charge in [-0.3, -0.25) is 9.59 Å². The summed E-state index contributed by atoms with van der Waals surface area (Å²) in [6.07, 6.45) is 9.24. The van der Waals surface area contributed by atoms with Crippen LogP contribution in [0.4, 0.5) is 5.69 Å². The van der Waals surface area contributed by atoms with Crippen LogP contribution in [0.2, 0.25) is 0 Å². The van der Waals surface area contributed by atoms with Gasteiger partial charge < -0.3 is 5.32 Å². The van der Waals surface area contributed by atoms with E-state index < -0.39 is 0 Å². The maximum Gasteiger partial charge on any atom is 0.224 e. The van der Waals surface area contributed by atoms with Crippen LogP contribution in [0.5, 0.6) is 0 Å². The van der Waals surface area contributed by atoms with Gasteiger partial charge in [-0.2, -0.15) is 0 Å². The van der Waals surface area contributed by atoms with E-state index in [4.69, 9.17) is 11.6 Å². The summed E-state index contributed by atoms with van der Waals surface area (Å²) in [4.78, 5) is 23.9. The number of hydrogen-bond acceptors (Lipinski definition) is 2. The molecule has 1 fully saturated rings. The first-order chi connectivity index (χ1) is 11.2. The minimum atomic E-state index is 0.0665. The first kappa shape index (κ1) is 18.0. The van der Waals surface area contributed by atoms with E-state index in [1.165, 1.54) is 32.1 Å². The van der Waals surface area contributed by atoms with Crippen LogP contribution in [-0.2, 0) is 4.79 Å². The summed E-state index contributed by atoms with van der Waals surface area (Å²) in [5.41, 5.74) is 1.43. The van der Waals surface area contributed by atoms with E-state index >= 15 is 0 Å². The third kappa shape index (κ3) is 6.34. The van der Waals surface area contributed by atoms with Crippen molar-refractivity contribution in [3.8, 4) is 0 Å². The minimum Gasteiger partial charge on any atom is -0.326 e. The molecule has 1 aliphatic rings. The number of hydrogen-bond donors (Lipinski definition) is 1. The van der Waals surface area contributed by atoms with Gasteiger partial charge in [0, 0.05) is 30.0 Å². The second-order valence-electron chi connectivity index (χ2n) is 6.38. The van der Waals surface area contributed by atoms with Crippen LogP contribution >= 0.6 is 11.6 Å². The molecule has 4 heteroatoms. The average molecular weight is 336 g/mol. The van der Waals surface area contributed by atoms with Crippen molar-refractivity contribution in [1.82, 2.24) is 0 Å². The Morgan fingerprint density at radius 1 is 1.04 bits per heavy atom. The van der Waals surface area contributed by atoms with E-state index in [-0.39, 0.29) is 11.7 Å². The fourth-order valence-corrected chi connectivity index (χ4v) is 3.28. The molecule has 0 aromatic heterocycles. The van der Waals surface area contributed by atoms with Gasteiger partial charge in [-0.15, -0.1) is 11.6 Å². The molecule has 1 aromatic carbocycles. The second-order valence-corrected chi connectivity index (χ2v) is 6.76. The lowest BCUT2D eigenvalue weighted by molar-refractivity contribution is -0.116. The molecule has 0 aliphatic heterocycles. The zero-order valence-corrected chi connectivity index (χ0v) is 14.4. The maximum absolute atomic E-state index is 12.0. The van der Waals surface area contributed by atoms with E-state index in [1.807, 2.05) is 0 Å². The minimum absolute atomic E-state index is 0.0665. The fraction of sp³-hybridized carbons (Fsp3) is 0.579. The predicted octanol–water partition coefficient (Wildman–Crippen LogP) is 5.19. The SMILES string of the molecule is O=C(CCC1CCCCC1)Nc1ccc(C(=O)CCCCl)cc1. The number of nitrogens with one attached hydrogen (secondary N) is 1. The highest BCUT2D eigenvalue weighted by Crippen LogP contribution is 2.27. The normalized spacial score (nSPS) is 15.3. The molecule has 23 heavy (non-hydrogen) atoms. The van der Waals surface area contributed by atoms with Crippen LogP contribution in [0.1, 0.15) is 68.1 Å². The summed E-state index contributed by atoms with van der Waals surface area (Å²) < 4.78 is 0. The lowest BCUT2D eigenvalue weighted by atomic mass is 9.86. The van der Waals surface area contributed by atoms with Gasteiger partial charge in [0.05, 0.1) is 0 Å². The molecule has 126 valence electrons. The number of rotatable bonds is 8. The Morgan fingerprint density at radius 3 is 2.39 bits per heavy atom. The van der Waals surface area contributed by atoms with Crippen molar-refractivity contribution in [1.29, 1.82) is 0 Å². The van der Waals surface area contributed by atoms with Gasteiger partial charge in [0.15, 0.2) is 5.78 Å². The molecule has 1 saturated carbocycles. The Morgan fingerprint density at radius 2 is 1.74 bits per heavy atom. The van der Waals surface area contributed by atoms with Crippen molar-refractivity contribution in [2.45, 2.75) is 57.8 Å². The lowest BCUT2D eigenvalue weighted by Crippen LogP contribution is -2.15. The van der Waals surface area contributed by atoms with Gasteiger partial charge in [-0.05, 0) is 43.0 Å². The molecule has 0 heterocycles. The highest BCUT2D eigenvalue weighted by molar-refractivity contribution is 6.18. The Kier molecular flexibility index (Phi) is 7.60. The number of halogens is 1. The molecule has 0 atom stereocenters. The summed E-state index contributed by atoms with van der Waals surface area (Å²) in [5.74, 6) is 1.38. The molecule has 2 rings (SSSR count). The zero-order chi connectivity index (χ0) is 16.5. The summed E-state index contributed by atoms with van der Waals surface area (Å²) in [5, 5.41) is 2.92. The molecule has 1 amide bonds. The van der Waals surface area contributed by atoms with Crippen molar-refractivity contribution in [3.63, 3.8) is 0 Å². The molecule has 0 saturated heterocycles. The van der Waals surface area contributed by atoms with Crippen LogP contribution in [0, 0.1) is 5.92 Å². The number of alkyl halides is 1. The largest absolute Gasteiger partial charge is 0.326 e. The van der Waals surface area contributed by atoms with Crippen LogP contribution < -0.4 is 5.32 Å². The number of Topliss-reactive ketones (excluding diaryl/α,β-unsaturated/α-hetero) is 1. The van der Waals surface area contributed by atoms with Crippen LogP contribution in [0.25, 0.3) is 0 Å². The smallest absolute Gasteiger partial charge is 0.224 e. The van der Waals surface area contributed by atoms with E-state index in [0.717, 1.165) is 18.0 Å². The van der Waals surface area contributed by atoms with Gasteiger partial charge in [-0.25, -0.2) is 0 Å². The molecule has 0 radical (unpaired) electrons. The number of benzene rings is 1. The number of ketones is 1. The highest BCUT2D eigenvalue weighted by atomic mass is 35.5. The Bertz CT molecular complexity index is 507. The first-order valence-electron chi connectivity index (χ1n) is 8.68. The molecule has 0 unspecified atom stereocenters. The second kappa shape index (κ2) is 9.71. The monoisotopic (exact) mass is 335 g/mol. The number of carbonyl (C=O) groups excluding carboxylic acids is 2. The first-order valence-corrected chi connectivity index (χ1v) is 9.21. The topological polar surface area (TPSA) is 46.2 Å². The molecule has 1 aromatic rings. The van der Waals surface area contributed by atoms with Crippen LogP contribution in [0.15, 0.2) is 24.3 Å². The van der Waals surface area contributed by atoms with Crippen molar-refractivity contribution in [2.24, 2.45) is 5.92 Å². The van der Waals surface area contributed by atoms with E-state index in [0.29, 0.717) is 30.7 Å². The molecule has 0 spiro atoms. The molecule has 1 N–H and O–H groups in total. The Balaban J connectivity index is 1.76. The maximum atomic E-state index is 12.0. The van der Waals surface area contributed by atoms with Gasteiger partial charge in [-0.1, -0.05) is 32.1 Å². The van der Waals surface area contributed by atoms with Crippen molar-refractivity contribution >= 4 is 29.0 Å². The van der Waals surface area contributed by atoms with Gasteiger partial charge in [0.1, 0.15) is 0 Å². The molecular weight excluding hydrogens is 310 g/mol. The molecule has 1 aliphatic carbocycles. The predicted molar refractivity (Wildman–Crippen MR) is 95.2 cm³/mol. The van der Waals surface area contributed by atoms with Gasteiger partial charge >= 0.3 is 0 Å². The number of amides is 1. The third-order valence-corrected chi connectivity index (χ3v) is 4.80. The number of anilines is 1. The summed E-state index contributed by atoms with van der Waals surface area (Å²) >= 11 is 5.60. The highest BCUT2D eigenvalue weighted by Gasteiger charge is 2.15. The van der Waals surface area contributed by atoms with Gasteiger partial charge in [0.25, 0.3) is 0 Å². The third-order valence-electron chi connectivity index (χ3n) is 4.53. The number of carbonyl (C=O) groups is 2. The van der Waals surface area contributed by atoms with Crippen molar-refractivity contribution in [2.75, 3.05) is 11.2 Å². The van der Waals surface area contributed by atoms with Crippen LogP contribution in [-0.4, -0.2) is 17.6 Å². The summed E-state index contributed by atoms with van der Waals surface area (Å²) in [6, 6.07) is 7.14. The Labute approximate surface area is 143 Å². The molecule has 3 nitrogen and oxygen atoms in total. The van der Waals surface area contributed by atoms with E-state index in [2.05, 4.69) is 5.32 Å². The lowest BCUT2D eigenvalue weighted by Gasteiger charge is -2.21. The van der Waals surface area contributed by atoms with E-state index in [1.54, 1.807) is 24.3 Å². The quantitative estimate of drug-likeness (QED) is 0.525.